The number of ether oxygens (including phenoxy) is 2. The van der Waals surface area contributed by atoms with E-state index < -0.39 is 11.0 Å². The second-order valence-electron chi connectivity index (χ2n) is 5.23. The van der Waals surface area contributed by atoms with Gasteiger partial charge in [-0.2, -0.15) is 0 Å². The third-order valence-electron chi connectivity index (χ3n) is 3.38. The number of rotatable bonds is 6. The molecule has 0 aliphatic heterocycles. The number of hydrogen-bond acceptors (Lipinski definition) is 5. The van der Waals surface area contributed by atoms with Crippen molar-refractivity contribution in [2.75, 3.05) is 21.2 Å². The molecule has 1 atom stereocenters. The maximum atomic E-state index is 12.5. The van der Waals surface area contributed by atoms with Crippen molar-refractivity contribution < 1.29 is 19.2 Å². The minimum absolute atomic E-state index is 0.00449. The zero-order valence-corrected chi connectivity index (χ0v) is 13.6. The number of amides is 1. The molecule has 24 heavy (non-hydrogen) atoms. The maximum Gasteiger partial charge on any atom is 0.314 e. The number of nitrogens with zero attached hydrogens (tertiary/aromatic N) is 2. The van der Waals surface area contributed by atoms with Gasteiger partial charge in [-0.1, -0.05) is 30.3 Å². The standard InChI is InChI=1S/C17H18N2O5/c1-18(2)17(20)16(12-7-5-4-6-8-12)24-15-10-9-13(23-3)11-14(15)19(21)22/h4-11,16H,1-3H3/t16-/m0/s1. The van der Waals surface area contributed by atoms with Gasteiger partial charge in [0.2, 0.25) is 6.10 Å². The van der Waals surface area contributed by atoms with E-state index in [0.717, 1.165) is 0 Å². The van der Waals surface area contributed by atoms with Gasteiger partial charge in [0.15, 0.2) is 5.75 Å². The molecule has 0 bridgehead atoms. The Labute approximate surface area is 139 Å². The van der Waals surface area contributed by atoms with E-state index in [4.69, 9.17) is 9.47 Å². The summed E-state index contributed by atoms with van der Waals surface area (Å²) in [6, 6.07) is 13.1. The van der Waals surface area contributed by atoms with Crippen molar-refractivity contribution in [2.24, 2.45) is 0 Å². The number of hydrogen-bond donors (Lipinski definition) is 0. The summed E-state index contributed by atoms with van der Waals surface area (Å²) in [5.74, 6) is 0.0282. The number of likely N-dealkylation sites (N-methyl/N-ethyl adjacent to an activating group) is 1. The minimum Gasteiger partial charge on any atom is -0.496 e. The molecule has 0 aliphatic carbocycles. The van der Waals surface area contributed by atoms with Gasteiger partial charge in [-0.25, -0.2) is 0 Å². The average Bonchev–Trinajstić information content (AvgIpc) is 2.59. The van der Waals surface area contributed by atoms with Gasteiger partial charge in [0.05, 0.1) is 18.1 Å². The van der Waals surface area contributed by atoms with Crippen molar-refractivity contribution in [1.29, 1.82) is 0 Å². The Bertz CT molecular complexity index is 731. The zero-order valence-electron chi connectivity index (χ0n) is 13.6. The lowest BCUT2D eigenvalue weighted by atomic mass is 10.1. The molecule has 0 saturated heterocycles. The third-order valence-corrected chi connectivity index (χ3v) is 3.38. The van der Waals surface area contributed by atoms with Crippen molar-refractivity contribution in [3.05, 3.63) is 64.2 Å². The number of nitro groups is 1. The van der Waals surface area contributed by atoms with Crippen LogP contribution in [-0.4, -0.2) is 36.9 Å². The SMILES string of the molecule is COc1ccc(O[C@H](C(=O)N(C)C)c2ccccc2)c([N+](=O)[O-])c1. The monoisotopic (exact) mass is 330 g/mol. The highest BCUT2D eigenvalue weighted by molar-refractivity contribution is 5.82. The van der Waals surface area contributed by atoms with Crippen molar-refractivity contribution in [3.8, 4) is 11.5 Å². The van der Waals surface area contributed by atoms with Gasteiger partial charge in [-0.15, -0.1) is 0 Å². The first kappa shape index (κ1) is 17.3. The maximum absolute atomic E-state index is 12.5. The zero-order chi connectivity index (χ0) is 17.7. The third kappa shape index (κ3) is 3.81. The van der Waals surface area contributed by atoms with E-state index in [1.807, 2.05) is 6.07 Å². The Morgan fingerprint density at radius 3 is 2.38 bits per heavy atom. The van der Waals surface area contributed by atoms with E-state index in [1.165, 1.54) is 24.1 Å². The Kier molecular flexibility index (Phi) is 5.36. The fourth-order valence-electron chi connectivity index (χ4n) is 2.12. The fraction of sp³-hybridized carbons (Fsp3) is 0.235. The predicted molar refractivity (Wildman–Crippen MR) is 88.2 cm³/mol. The lowest BCUT2D eigenvalue weighted by Gasteiger charge is -2.22. The molecule has 0 unspecified atom stereocenters. The first-order valence-electron chi connectivity index (χ1n) is 7.19. The molecule has 1 amide bonds. The van der Waals surface area contributed by atoms with Gasteiger partial charge in [0, 0.05) is 19.7 Å². The highest BCUT2D eigenvalue weighted by Crippen LogP contribution is 2.34. The van der Waals surface area contributed by atoms with Gasteiger partial charge in [-0.05, 0) is 12.1 Å². The molecule has 126 valence electrons. The molecule has 0 spiro atoms. The fourth-order valence-corrected chi connectivity index (χ4v) is 2.12. The number of methoxy groups -OCH3 is 1. The van der Waals surface area contributed by atoms with Crippen molar-refractivity contribution in [3.63, 3.8) is 0 Å². The van der Waals surface area contributed by atoms with Gasteiger partial charge in [0.25, 0.3) is 5.91 Å². The van der Waals surface area contributed by atoms with Crippen LogP contribution in [0.1, 0.15) is 11.7 Å². The summed E-state index contributed by atoms with van der Waals surface area (Å²) in [7, 11) is 4.62. The van der Waals surface area contributed by atoms with Crippen LogP contribution < -0.4 is 9.47 Å². The first-order chi connectivity index (χ1) is 11.4. The van der Waals surface area contributed by atoms with Gasteiger partial charge < -0.3 is 14.4 Å². The summed E-state index contributed by atoms with van der Waals surface area (Å²) >= 11 is 0. The highest BCUT2D eigenvalue weighted by atomic mass is 16.6. The predicted octanol–water partition coefficient (Wildman–Crippen LogP) is 2.81. The molecule has 0 saturated carbocycles. The molecular weight excluding hydrogens is 312 g/mol. The smallest absolute Gasteiger partial charge is 0.314 e. The molecule has 7 heteroatoms. The second kappa shape index (κ2) is 7.45. The highest BCUT2D eigenvalue weighted by Gasteiger charge is 2.27. The van der Waals surface area contributed by atoms with Crippen LogP contribution >= 0.6 is 0 Å². The molecule has 2 aromatic rings. The molecule has 0 heterocycles. The van der Waals surface area contributed by atoms with E-state index in [9.17, 15) is 14.9 Å². The largest absolute Gasteiger partial charge is 0.496 e. The topological polar surface area (TPSA) is 81.9 Å². The Morgan fingerprint density at radius 1 is 1.17 bits per heavy atom. The van der Waals surface area contributed by atoms with Crippen LogP contribution in [0.15, 0.2) is 48.5 Å². The lowest BCUT2D eigenvalue weighted by Crippen LogP contribution is -2.31. The van der Waals surface area contributed by atoms with Gasteiger partial charge in [0.1, 0.15) is 5.75 Å². The van der Waals surface area contributed by atoms with E-state index in [-0.39, 0.29) is 17.3 Å². The van der Waals surface area contributed by atoms with Gasteiger partial charge >= 0.3 is 5.69 Å². The molecule has 0 N–H and O–H groups in total. The summed E-state index contributed by atoms with van der Waals surface area (Å²) in [6.07, 6.45) is -0.978. The molecular formula is C17H18N2O5. The van der Waals surface area contributed by atoms with Crippen LogP contribution in [0.2, 0.25) is 0 Å². The summed E-state index contributed by atoms with van der Waals surface area (Å²) in [5.41, 5.74) is 0.350. The van der Waals surface area contributed by atoms with Crippen LogP contribution in [0.5, 0.6) is 11.5 Å². The number of carbonyl (C=O) groups is 1. The summed E-state index contributed by atoms with van der Waals surface area (Å²) in [4.78, 5) is 24.6. The quantitative estimate of drug-likeness (QED) is 0.601. The van der Waals surface area contributed by atoms with Crippen LogP contribution in [0.25, 0.3) is 0 Å². The Balaban J connectivity index is 2.43. The molecule has 2 aromatic carbocycles. The minimum atomic E-state index is -0.978. The normalized spacial score (nSPS) is 11.5. The number of carbonyl (C=O) groups excluding carboxylic acids is 1. The number of nitro benzene ring substituents is 1. The van der Waals surface area contributed by atoms with Crippen molar-refractivity contribution in [1.82, 2.24) is 4.90 Å². The first-order valence-corrected chi connectivity index (χ1v) is 7.19. The summed E-state index contributed by atoms with van der Waals surface area (Å²) < 4.78 is 10.7. The molecule has 0 radical (unpaired) electrons. The lowest BCUT2D eigenvalue weighted by molar-refractivity contribution is -0.386. The van der Waals surface area contributed by atoms with E-state index in [0.29, 0.717) is 11.3 Å². The Hall–Kier alpha value is -3.09. The van der Waals surface area contributed by atoms with Crippen molar-refractivity contribution in [2.45, 2.75) is 6.10 Å². The Morgan fingerprint density at radius 2 is 1.83 bits per heavy atom. The van der Waals surface area contributed by atoms with Crippen LogP contribution in [0, 0.1) is 10.1 Å². The summed E-state index contributed by atoms with van der Waals surface area (Å²) in [6.45, 7) is 0. The average molecular weight is 330 g/mol. The van der Waals surface area contributed by atoms with Crippen LogP contribution in [0.4, 0.5) is 5.69 Å². The molecule has 0 aliphatic rings. The van der Waals surface area contributed by atoms with Crippen LogP contribution in [-0.2, 0) is 4.79 Å². The van der Waals surface area contributed by atoms with Crippen molar-refractivity contribution >= 4 is 11.6 Å². The molecule has 0 fully saturated rings. The van der Waals surface area contributed by atoms with E-state index >= 15 is 0 Å². The molecule has 0 aromatic heterocycles. The van der Waals surface area contributed by atoms with E-state index in [2.05, 4.69) is 0 Å². The second-order valence-corrected chi connectivity index (χ2v) is 5.23. The van der Waals surface area contributed by atoms with Crippen LogP contribution in [0.3, 0.4) is 0 Å². The summed E-state index contributed by atoms with van der Waals surface area (Å²) in [5, 5.41) is 11.3. The number of benzene rings is 2. The van der Waals surface area contributed by atoms with Gasteiger partial charge in [-0.3, -0.25) is 14.9 Å². The molecule has 7 nitrogen and oxygen atoms in total. The molecule has 2 rings (SSSR count). The van der Waals surface area contributed by atoms with E-state index in [1.54, 1.807) is 44.4 Å².